The van der Waals surface area contributed by atoms with Gasteiger partial charge in [0.25, 0.3) is 5.24 Å². The van der Waals surface area contributed by atoms with Crippen LogP contribution in [0.1, 0.15) is 60.3 Å². The zero-order valence-electron chi connectivity index (χ0n) is 17.2. The van der Waals surface area contributed by atoms with Gasteiger partial charge in [0.1, 0.15) is 0 Å². The molecule has 0 aromatic heterocycles. The molecule has 0 spiro atoms. The highest BCUT2D eigenvalue weighted by Gasteiger charge is 2.15. The van der Waals surface area contributed by atoms with E-state index < -0.39 is 5.24 Å². The van der Waals surface area contributed by atoms with Crippen LogP contribution in [-0.4, -0.2) is 31.2 Å². The Hall–Kier alpha value is -0.240. The van der Waals surface area contributed by atoms with Crippen LogP contribution in [0.3, 0.4) is 0 Å². The van der Waals surface area contributed by atoms with E-state index in [-0.39, 0.29) is 5.60 Å². The van der Waals surface area contributed by atoms with Crippen molar-refractivity contribution in [3.8, 4) is 0 Å². The maximum absolute atomic E-state index is 11.3. The van der Waals surface area contributed by atoms with Gasteiger partial charge < -0.3 is 9.47 Å². The van der Waals surface area contributed by atoms with Crippen LogP contribution in [0.25, 0.3) is 0 Å². The van der Waals surface area contributed by atoms with E-state index >= 15 is 0 Å². The van der Waals surface area contributed by atoms with Crippen LogP contribution in [0, 0.1) is 20.8 Å². The van der Waals surface area contributed by atoms with E-state index in [1.165, 1.54) is 0 Å². The summed E-state index contributed by atoms with van der Waals surface area (Å²) in [6, 6.07) is 1.98. The molecule has 0 aliphatic rings. The Morgan fingerprint density at radius 3 is 2.08 bits per heavy atom. The van der Waals surface area contributed by atoms with Gasteiger partial charge in [-0.2, -0.15) is 0 Å². The van der Waals surface area contributed by atoms with E-state index in [0.29, 0.717) is 25.5 Å². The number of ether oxygens (including phenoxy) is 2. The molecule has 0 saturated heterocycles. The summed E-state index contributed by atoms with van der Waals surface area (Å²) in [6.45, 7) is 15.7. The van der Waals surface area contributed by atoms with Crippen molar-refractivity contribution in [2.24, 2.45) is 0 Å². The largest absolute Gasteiger partial charge is 0.377 e. The molecular weight excluding hydrogens is 390 g/mol. The molecule has 0 heterocycles. The molecule has 0 atom stereocenters. The highest BCUT2D eigenvalue weighted by molar-refractivity contribution is 8.59. The summed E-state index contributed by atoms with van der Waals surface area (Å²) < 4.78 is 10.7. The highest BCUT2D eigenvalue weighted by Crippen LogP contribution is 2.24. The quantitative estimate of drug-likeness (QED) is 0.252. The summed E-state index contributed by atoms with van der Waals surface area (Å²) in [5.74, 6) is 0. The SMILES string of the molecule is CCOCc1c(C)cc(C)c(C(=O)Cl)c1C.CNCOC(C)(C)C.SS. The fraction of sp³-hybridized carbons (Fsp3) is 0.632. The first-order valence-electron chi connectivity index (χ1n) is 8.40. The van der Waals surface area contributed by atoms with E-state index in [1.54, 1.807) is 0 Å². The second kappa shape index (κ2) is 14.8. The molecule has 0 aliphatic heterocycles. The number of benzene rings is 1. The van der Waals surface area contributed by atoms with Crippen LogP contribution in [0.4, 0.5) is 0 Å². The number of thiol groups is 2. The van der Waals surface area contributed by atoms with Crippen molar-refractivity contribution in [2.75, 3.05) is 20.4 Å². The molecule has 1 aromatic rings. The van der Waals surface area contributed by atoms with Crippen molar-refractivity contribution in [3.05, 3.63) is 33.9 Å². The zero-order chi connectivity index (χ0) is 20.9. The number of carbonyl (C=O) groups is 1. The van der Waals surface area contributed by atoms with Crippen LogP contribution in [0.15, 0.2) is 6.07 Å². The van der Waals surface area contributed by atoms with Gasteiger partial charge in [0.2, 0.25) is 0 Å². The van der Waals surface area contributed by atoms with Gasteiger partial charge in [-0.25, -0.2) is 0 Å². The van der Waals surface area contributed by atoms with E-state index in [4.69, 9.17) is 21.1 Å². The summed E-state index contributed by atoms with van der Waals surface area (Å²) >= 11 is 12.0. The van der Waals surface area contributed by atoms with Crippen molar-refractivity contribution in [1.29, 1.82) is 0 Å². The average molecular weight is 424 g/mol. The van der Waals surface area contributed by atoms with Gasteiger partial charge in [-0.3, -0.25) is 10.1 Å². The molecule has 0 fully saturated rings. The van der Waals surface area contributed by atoms with Crippen molar-refractivity contribution >= 4 is 40.2 Å². The lowest BCUT2D eigenvalue weighted by Gasteiger charge is -2.18. The maximum Gasteiger partial charge on any atom is 0.252 e. The predicted molar refractivity (Wildman–Crippen MR) is 119 cm³/mol. The van der Waals surface area contributed by atoms with E-state index in [2.05, 4.69) is 28.6 Å². The average Bonchev–Trinajstić information content (AvgIpc) is 2.54. The number of rotatable bonds is 6. The van der Waals surface area contributed by atoms with Gasteiger partial charge in [-0.15, -0.1) is 23.3 Å². The number of nitrogens with one attached hydrogen (secondary N) is 1. The van der Waals surface area contributed by atoms with Gasteiger partial charge in [-0.1, -0.05) is 6.07 Å². The van der Waals surface area contributed by atoms with Gasteiger partial charge >= 0.3 is 0 Å². The third kappa shape index (κ3) is 11.5. The monoisotopic (exact) mass is 423 g/mol. The first-order valence-corrected chi connectivity index (χ1v) is 10.4. The molecule has 152 valence electrons. The second-order valence-electron chi connectivity index (χ2n) is 6.65. The normalized spacial score (nSPS) is 10.4. The van der Waals surface area contributed by atoms with Crippen LogP contribution in [0.2, 0.25) is 0 Å². The zero-order valence-corrected chi connectivity index (χ0v) is 19.7. The van der Waals surface area contributed by atoms with E-state index in [1.807, 2.05) is 61.6 Å². The highest BCUT2D eigenvalue weighted by atomic mass is 35.5. The summed E-state index contributed by atoms with van der Waals surface area (Å²) in [5, 5.41) is 2.51. The maximum atomic E-state index is 11.3. The minimum absolute atomic E-state index is 0.0109. The molecule has 1 aromatic carbocycles. The fourth-order valence-corrected chi connectivity index (χ4v) is 2.53. The molecule has 26 heavy (non-hydrogen) atoms. The van der Waals surface area contributed by atoms with E-state index in [0.717, 1.165) is 22.3 Å². The number of carbonyl (C=O) groups excluding carboxylic acids is 1. The molecule has 0 saturated carbocycles. The molecule has 0 amide bonds. The molecule has 0 unspecified atom stereocenters. The first kappa shape index (κ1) is 28.0. The predicted octanol–water partition coefficient (Wildman–Crippen LogP) is 5.27. The van der Waals surface area contributed by atoms with Crippen molar-refractivity contribution in [1.82, 2.24) is 5.32 Å². The Kier molecular flexibility index (Phi) is 15.9. The molecule has 7 heteroatoms. The van der Waals surface area contributed by atoms with Gasteiger partial charge in [0.15, 0.2) is 0 Å². The van der Waals surface area contributed by atoms with Crippen LogP contribution < -0.4 is 5.32 Å². The summed E-state index contributed by atoms with van der Waals surface area (Å²) in [4.78, 5) is 11.3. The van der Waals surface area contributed by atoms with Crippen LogP contribution in [0.5, 0.6) is 0 Å². The molecule has 1 N–H and O–H groups in total. The Morgan fingerprint density at radius 2 is 1.73 bits per heavy atom. The molecule has 0 bridgehead atoms. The van der Waals surface area contributed by atoms with E-state index in [9.17, 15) is 4.79 Å². The summed E-state index contributed by atoms with van der Waals surface area (Å²) in [5.41, 5.74) is 4.67. The Bertz CT molecular complexity index is 547. The molecular formula is C19H34ClNO3S2. The van der Waals surface area contributed by atoms with Crippen molar-refractivity contribution in [2.45, 2.75) is 60.7 Å². The number of hydrogen-bond acceptors (Lipinski definition) is 6. The van der Waals surface area contributed by atoms with Gasteiger partial charge in [0, 0.05) is 12.2 Å². The lowest BCUT2D eigenvalue weighted by molar-refractivity contribution is -0.0104. The molecule has 4 nitrogen and oxygen atoms in total. The number of aryl methyl sites for hydroxylation is 2. The number of halogens is 1. The van der Waals surface area contributed by atoms with Gasteiger partial charge in [-0.05, 0) is 89.4 Å². The first-order chi connectivity index (χ1) is 12.0. The second-order valence-corrected chi connectivity index (χ2v) is 7.00. The Balaban J connectivity index is 0. The third-order valence-corrected chi connectivity index (χ3v) is 3.62. The van der Waals surface area contributed by atoms with Crippen molar-refractivity contribution < 1.29 is 14.3 Å². The minimum atomic E-state index is -0.396. The Morgan fingerprint density at radius 1 is 1.19 bits per heavy atom. The third-order valence-electron chi connectivity index (χ3n) is 3.43. The fourth-order valence-electron chi connectivity index (χ4n) is 2.24. The van der Waals surface area contributed by atoms with Gasteiger partial charge in [0.05, 0.1) is 18.9 Å². The summed E-state index contributed by atoms with van der Waals surface area (Å²) in [6.07, 6.45) is 0. The standard InChI is InChI=1S/C13H17ClO2.C6H15NO.H2S2/c1-5-16-7-11-8(2)6-9(3)12(10(11)4)13(14)15;1-6(2,3)8-5-7-4;1-2/h6H,5,7H2,1-4H3;7H,5H2,1-4H3;1-2H. The topological polar surface area (TPSA) is 47.6 Å². The minimum Gasteiger partial charge on any atom is -0.377 e. The lowest BCUT2D eigenvalue weighted by atomic mass is 9.94. The molecule has 0 radical (unpaired) electrons. The Labute approximate surface area is 174 Å². The van der Waals surface area contributed by atoms with Crippen LogP contribution >= 0.6 is 34.9 Å². The smallest absolute Gasteiger partial charge is 0.252 e. The number of hydrogen-bond donors (Lipinski definition) is 3. The van der Waals surface area contributed by atoms with Crippen LogP contribution in [-0.2, 0) is 16.1 Å². The molecule has 0 aliphatic carbocycles. The lowest BCUT2D eigenvalue weighted by Crippen LogP contribution is -2.25. The molecule has 1 rings (SSSR count). The van der Waals surface area contributed by atoms with Crippen molar-refractivity contribution in [3.63, 3.8) is 0 Å². The summed E-state index contributed by atoms with van der Waals surface area (Å²) in [7, 11) is 1.87.